The van der Waals surface area contributed by atoms with Crippen LogP contribution in [0.4, 0.5) is 4.39 Å². The van der Waals surface area contributed by atoms with E-state index in [9.17, 15) is 14.0 Å². The molecule has 1 N–H and O–H groups in total. The van der Waals surface area contributed by atoms with E-state index < -0.39 is 30.6 Å². The van der Waals surface area contributed by atoms with Gasteiger partial charge in [-0.05, 0) is 0 Å². The van der Waals surface area contributed by atoms with Crippen molar-refractivity contribution in [1.82, 2.24) is 0 Å². The molecular weight excluding hydrogens is 155 g/mol. The van der Waals surface area contributed by atoms with Gasteiger partial charge in [-0.2, -0.15) is 0 Å². The quantitative estimate of drug-likeness (QED) is 0.585. The highest BCUT2D eigenvalue weighted by atomic mass is 19.1. The van der Waals surface area contributed by atoms with Crippen molar-refractivity contribution < 1.29 is 23.8 Å². The van der Waals surface area contributed by atoms with E-state index in [0.29, 0.717) is 0 Å². The molecule has 0 amide bonds. The second kappa shape index (κ2) is 2.86. The first-order chi connectivity index (χ1) is 5.09. The molecule has 0 aliphatic carbocycles. The fourth-order valence-electron chi connectivity index (χ4n) is 0.923. The maximum absolute atomic E-state index is 12.6. The maximum atomic E-state index is 12.6. The number of alkyl halides is 1. The molecule has 0 radical (unpaired) electrons. The van der Waals surface area contributed by atoms with Gasteiger partial charge in [0.05, 0.1) is 12.8 Å². The van der Waals surface area contributed by atoms with Crippen molar-refractivity contribution in [3.8, 4) is 0 Å². The molecule has 4 nitrogen and oxygen atoms in total. The smallest absolute Gasteiger partial charge is 0.309 e. The maximum Gasteiger partial charge on any atom is 0.309 e. The van der Waals surface area contributed by atoms with Crippen LogP contribution < -0.4 is 0 Å². The van der Waals surface area contributed by atoms with E-state index in [1.807, 2.05) is 0 Å². The third kappa shape index (κ3) is 1.89. The number of cyclic esters (lactones) is 1. The summed E-state index contributed by atoms with van der Waals surface area (Å²) < 4.78 is 17.0. The Kier molecular flexibility index (Phi) is 2.07. The lowest BCUT2D eigenvalue weighted by atomic mass is 10.1. The molecule has 1 heterocycles. The summed E-state index contributed by atoms with van der Waals surface area (Å²) >= 11 is 0. The van der Waals surface area contributed by atoms with Crippen molar-refractivity contribution in [1.29, 1.82) is 0 Å². The number of carboxylic acid groups (broad SMARTS) is 1. The Labute approximate surface area is 62.0 Å². The van der Waals surface area contributed by atoms with E-state index in [1.54, 1.807) is 0 Å². The minimum atomic E-state index is -1.46. The number of carboxylic acids is 1. The molecule has 2 atom stereocenters. The molecule has 1 fully saturated rings. The molecule has 1 rings (SSSR count). The highest BCUT2D eigenvalue weighted by Gasteiger charge is 2.36. The molecule has 2 unspecified atom stereocenters. The van der Waals surface area contributed by atoms with E-state index in [2.05, 4.69) is 4.74 Å². The number of ether oxygens (including phenoxy) is 1. The van der Waals surface area contributed by atoms with Crippen molar-refractivity contribution in [3.05, 3.63) is 0 Å². The molecule has 0 aromatic rings. The van der Waals surface area contributed by atoms with Crippen LogP contribution in [0.25, 0.3) is 0 Å². The standard InChI is InChI=1S/C6H7FO4/c7-3-1-6(10)11-4(3)2-5(8)9/h3-4H,1-2H2,(H,8,9). The molecule has 0 spiro atoms. The lowest BCUT2D eigenvalue weighted by Crippen LogP contribution is -2.20. The van der Waals surface area contributed by atoms with Crippen LogP contribution in [0.1, 0.15) is 12.8 Å². The first kappa shape index (κ1) is 7.97. The Morgan fingerprint density at radius 3 is 2.82 bits per heavy atom. The molecular formula is C6H7FO4. The van der Waals surface area contributed by atoms with Crippen molar-refractivity contribution in [2.24, 2.45) is 0 Å². The van der Waals surface area contributed by atoms with Crippen LogP contribution in [0, 0.1) is 0 Å². The zero-order chi connectivity index (χ0) is 8.43. The summed E-state index contributed by atoms with van der Waals surface area (Å²) in [7, 11) is 0. The van der Waals surface area contributed by atoms with E-state index >= 15 is 0 Å². The summed E-state index contributed by atoms with van der Waals surface area (Å²) in [6.45, 7) is 0. The molecule has 11 heavy (non-hydrogen) atoms. The van der Waals surface area contributed by atoms with Crippen LogP contribution >= 0.6 is 0 Å². The predicted molar refractivity (Wildman–Crippen MR) is 31.6 cm³/mol. The lowest BCUT2D eigenvalue weighted by molar-refractivity contribution is -0.146. The summed E-state index contributed by atoms with van der Waals surface area (Å²) in [6.07, 6.45) is -3.32. The first-order valence-corrected chi connectivity index (χ1v) is 3.15. The summed E-state index contributed by atoms with van der Waals surface area (Å²) in [5, 5.41) is 8.22. The molecule has 1 aliphatic rings. The molecule has 0 saturated carbocycles. The van der Waals surface area contributed by atoms with Gasteiger partial charge in [-0.1, -0.05) is 0 Å². The average molecular weight is 162 g/mol. The zero-order valence-corrected chi connectivity index (χ0v) is 5.62. The van der Waals surface area contributed by atoms with E-state index in [4.69, 9.17) is 5.11 Å². The summed E-state index contributed by atoms with van der Waals surface area (Å²) in [5.74, 6) is -1.82. The Morgan fingerprint density at radius 1 is 1.82 bits per heavy atom. The largest absolute Gasteiger partial charge is 0.481 e. The summed E-state index contributed by atoms with van der Waals surface area (Å²) in [4.78, 5) is 20.4. The number of carbonyl (C=O) groups is 2. The van der Waals surface area contributed by atoms with Gasteiger partial charge < -0.3 is 9.84 Å². The molecule has 0 aromatic carbocycles. The Bertz CT molecular complexity index is 191. The number of rotatable bonds is 2. The molecule has 0 bridgehead atoms. The van der Waals surface area contributed by atoms with Crippen molar-refractivity contribution >= 4 is 11.9 Å². The van der Waals surface area contributed by atoms with E-state index in [1.165, 1.54) is 0 Å². The molecule has 1 aliphatic heterocycles. The normalized spacial score (nSPS) is 30.1. The van der Waals surface area contributed by atoms with Crippen LogP contribution in [0.2, 0.25) is 0 Å². The van der Waals surface area contributed by atoms with Gasteiger partial charge in [-0.25, -0.2) is 4.39 Å². The van der Waals surface area contributed by atoms with Gasteiger partial charge in [0, 0.05) is 0 Å². The van der Waals surface area contributed by atoms with Gasteiger partial charge in [0.1, 0.15) is 12.3 Å². The minimum Gasteiger partial charge on any atom is -0.481 e. The second-order valence-electron chi connectivity index (χ2n) is 2.35. The van der Waals surface area contributed by atoms with Crippen LogP contribution in [0.15, 0.2) is 0 Å². The van der Waals surface area contributed by atoms with Gasteiger partial charge in [-0.15, -0.1) is 0 Å². The van der Waals surface area contributed by atoms with Gasteiger partial charge in [0.15, 0.2) is 0 Å². The van der Waals surface area contributed by atoms with Crippen molar-refractivity contribution in [2.45, 2.75) is 25.1 Å². The summed E-state index contributed by atoms with van der Waals surface area (Å²) in [6, 6.07) is 0. The van der Waals surface area contributed by atoms with E-state index in [0.717, 1.165) is 0 Å². The highest BCUT2D eigenvalue weighted by molar-refractivity contribution is 5.74. The predicted octanol–water partition coefficient (Wildman–Crippen LogP) is 0.115. The number of halogens is 1. The van der Waals surface area contributed by atoms with Crippen LogP contribution in [0.5, 0.6) is 0 Å². The molecule has 5 heteroatoms. The minimum absolute atomic E-state index is 0.321. The third-order valence-electron chi connectivity index (χ3n) is 1.42. The number of aliphatic carboxylic acids is 1. The summed E-state index contributed by atoms with van der Waals surface area (Å²) in [5.41, 5.74) is 0. The van der Waals surface area contributed by atoms with E-state index in [-0.39, 0.29) is 6.42 Å². The van der Waals surface area contributed by atoms with Crippen molar-refractivity contribution in [3.63, 3.8) is 0 Å². The van der Waals surface area contributed by atoms with Gasteiger partial charge >= 0.3 is 11.9 Å². The Balaban J connectivity index is 2.46. The van der Waals surface area contributed by atoms with Gasteiger partial charge in [0.2, 0.25) is 0 Å². The number of esters is 1. The number of carbonyl (C=O) groups excluding carboxylic acids is 1. The Hall–Kier alpha value is -1.13. The molecule has 1 saturated heterocycles. The van der Waals surface area contributed by atoms with Crippen molar-refractivity contribution in [2.75, 3.05) is 0 Å². The SMILES string of the molecule is O=C(O)CC1OC(=O)CC1F. The van der Waals surface area contributed by atoms with Crippen LogP contribution in [-0.4, -0.2) is 29.3 Å². The topological polar surface area (TPSA) is 63.6 Å². The number of hydrogen-bond acceptors (Lipinski definition) is 3. The Morgan fingerprint density at radius 2 is 2.45 bits per heavy atom. The highest BCUT2D eigenvalue weighted by Crippen LogP contribution is 2.20. The fraction of sp³-hybridized carbons (Fsp3) is 0.667. The molecule has 62 valence electrons. The monoisotopic (exact) mass is 162 g/mol. The first-order valence-electron chi connectivity index (χ1n) is 3.15. The van der Waals surface area contributed by atoms with Gasteiger partial charge in [-0.3, -0.25) is 9.59 Å². The molecule has 0 aromatic heterocycles. The third-order valence-corrected chi connectivity index (χ3v) is 1.42. The van der Waals surface area contributed by atoms with Crippen LogP contribution in [0.3, 0.4) is 0 Å². The zero-order valence-electron chi connectivity index (χ0n) is 5.62. The van der Waals surface area contributed by atoms with Gasteiger partial charge in [0.25, 0.3) is 0 Å². The second-order valence-corrected chi connectivity index (χ2v) is 2.35. The number of hydrogen-bond donors (Lipinski definition) is 1. The van der Waals surface area contributed by atoms with Crippen LogP contribution in [-0.2, 0) is 14.3 Å². The average Bonchev–Trinajstić information content (AvgIpc) is 2.09. The fourth-order valence-corrected chi connectivity index (χ4v) is 0.923. The lowest BCUT2D eigenvalue weighted by Gasteiger charge is -2.06.